The van der Waals surface area contributed by atoms with Gasteiger partial charge in [-0.1, -0.05) is 55.5 Å². The molecule has 0 N–H and O–H groups in total. The third-order valence-electron chi connectivity index (χ3n) is 8.51. The molecule has 2 aromatic carbocycles. The molecule has 3 aliphatic carbocycles. The Morgan fingerprint density at radius 3 is 2.21 bits per heavy atom. The summed E-state index contributed by atoms with van der Waals surface area (Å²) in [6.07, 6.45) is 20.4. The van der Waals surface area contributed by atoms with Gasteiger partial charge < -0.3 is 13.9 Å². The molecule has 39 heavy (non-hydrogen) atoms. The second-order valence-electron chi connectivity index (χ2n) is 11.0. The molecule has 0 fully saturated rings. The summed E-state index contributed by atoms with van der Waals surface area (Å²) >= 11 is 0. The van der Waals surface area contributed by atoms with Gasteiger partial charge in [0.25, 0.3) is 0 Å². The van der Waals surface area contributed by atoms with Crippen LogP contribution < -0.4 is 0 Å². The van der Waals surface area contributed by atoms with Crippen LogP contribution in [0.25, 0.3) is 40.5 Å². The molecule has 0 saturated carbocycles. The quantitative estimate of drug-likeness (QED) is 0.251. The highest BCUT2D eigenvalue weighted by molar-refractivity contribution is 5.94. The third kappa shape index (κ3) is 3.93. The lowest BCUT2D eigenvalue weighted by molar-refractivity contribution is 0.0334. The van der Waals surface area contributed by atoms with E-state index in [-0.39, 0.29) is 12.1 Å². The van der Waals surface area contributed by atoms with Crippen LogP contribution in [-0.2, 0) is 24.0 Å². The Bertz CT molecular complexity index is 1670. The molecule has 0 amide bonds. The fourth-order valence-electron chi connectivity index (χ4n) is 6.50. The smallest absolute Gasteiger partial charge is 0.338 e. The normalized spacial score (nSPS) is 16.2. The van der Waals surface area contributed by atoms with Gasteiger partial charge in [0.2, 0.25) is 0 Å². The number of rotatable bonds is 5. The Morgan fingerprint density at radius 1 is 0.846 bits per heavy atom. The number of allylic oxidation sites excluding steroid dienone is 3. The number of benzene rings is 2. The Balaban J connectivity index is 1.50. The molecule has 2 aromatic heterocycles. The van der Waals surface area contributed by atoms with E-state index in [2.05, 4.69) is 75.9 Å². The minimum Gasteiger partial charge on any atom is -0.459 e. The zero-order valence-corrected chi connectivity index (χ0v) is 22.7. The van der Waals surface area contributed by atoms with Gasteiger partial charge >= 0.3 is 5.97 Å². The van der Waals surface area contributed by atoms with Crippen molar-refractivity contribution >= 4 is 35.1 Å². The molecule has 196 valence electrons. The number of carbonyl (C=O) groups is 1. The standard InChI is InChI=1S/C35H34N2O2/c1-3-23(2)39-35(38)24-20-25(36-31-16-8-4-12-27(31)28-13-5-9-17-32(28)36)22-26(21-24)37-33-18-10-6-14-29(33)30-15-7-11-19-34(30)37/h4-6,10-14,18-23H,3,7-9,15-17H2,1-2H3. The average Bonchev–Trinajstić information content (AvgIpc) is 3.50. The molecule has 4 heteroatoms. The number of aryl methyl sites for hydroxylation is 1. The van der Waals surface area contributed by atoms with Crippen LogP contribution in [0.4, 0.5) is 0 Å². The predicted octanol–water partition coefficient (Wildman–Crippen LogP) is 8.25. The van der Waals surface area contributed by atoms with Crippen LogP contribution in [0, 0.1) is 0 Å². The van der Waals surface area contributed by atoms with Crippen LogP contribution in [-0.4, -0.2) is 21.2 Å². The molecule has 0 bridgehead atoms. The summed E-state index contributed by atoms with van der Waals surface area (Å²) < 4.78 is 10.6. The summed E-state index contributed by atoms with van der Waals surface area (Å²) in [5.41, 5.74) is 11.7. The Labute approximate surface area is 229 Å². The summed E-state index contributed by atoms with van der Waals surface area (Å²) in [5, 5.41) is 1.29. The number of hydrogen-bond donors (Lipinski definition) is 0. The molecule has 4 nitrogen and oxygen atoms in total. The molecular weight excluding hydrogens is 480 g/mol. The number of nitrogens with zero attached hydrogens (tertiary/aromatic N) is 2. The Hall–Kier alpha value is -4.05. The molecule has 1 atom stereocenters. The molecule has 0 radical (unpaired) electrons. The maximum Gasteiger partial charge on any atom is 0.338 e. The van der Waals surface area contributed by atoms with E-state index < -0.39 is 0 Å². The summed E-state index contributed by atoms with van der Waals surface area (Å²) in [7, 11) is 0. The van der Waals surface area contributed by atoms with Crippen LogP contribution in [0.2, 0.25) is 0 Å². The van der Waals surface area contributed by atoms with Gasteiger partial charge in [-0.15, -0.1) is 0 Å². The van der Waals surface area contributed by atoms with Crippen LogP contribution in [0.3, 0.4) is 0 Å². The Morgan fingerprint density at radius 2 is 1.49 bits per heavy atom. The van der Waals surface area contributed by atoms with Crippen LogP contribution in [0.5, 0.6) is 0 Å². The first-order chi connectivity index (χ1) is 19.1. The average molecular weight is 515 g/mol. The third-order valence-corrected chi connectivity index (χ3v) is 8.51. The van der Waals surface area contributed by atoms with E-state index in [1.165, 1.54) is 44.7 Å². The molecule has 0 spiro atoms. The zero-order valence-electron chi connectivity index (χ0n) is 22.7. The van der Waals surface area contributed by atoms with Crippen molar-refractivity contribution in [1.29, 1.82) is 0 Å². The minimum atomic E-state index is -0.261. The lowest BCUT2D eigenvalue weighted by Crippen LogP contribution is -2.16. The molecule has 1 unspecified atom stereocenters. The minimum absolute atomic E-state index is 0.130. The van der Waals surface area contributed by atoms with Gasteiger partial charge in [-0.2, -0.15) is 0 Å². The van der Waals surface area contributed by atoms with Crippen molar-refractivity contribution in [3.05, 3.63) is 100 Å². The highest BCUT2D eigenvalue weighted by Crippen LogP contribution is 2.38. The van der Waals surface area contributed by atoms with E-state index in [0.29, 0.717) is 5.56 Å². The fraction of sp³-hybridized carbons (Fsp3) is 0.286. The van der Waals surface area contributed by atoms with Gasteiger partial charge in [-0.25, -0.2) is 4.79 Å². The van der Waals surface area contributed by atoms with E-state index >= 15 is 0 Å². The summed E-state index contributed by atoms with van der Waals surface area (Å²) in [4.78, 5) is 13.5. The molecule has 0 saturated heterocycles. The number of esters is 1. The largest absolute Gasteiger partial charge is 0.459 e. The van der Waals surface area contributed by atoms with Crippen LogP contribution in [0.15, 0.2) is 60.7 Å². The second kappa shape index (κ2) is 9.60. The van der Waals surface area contributed by atoms with E-state index in [1.807, 2.05) is 26.0 Å². The molecule has 4 aromatic rings. The van der Waals surface area contributed by atoms with Gasteiger partial charge in [0, 0.05) is 45.0 Å². The van der Waals surface area contributed by atoms with E-state index in [1.54, 1.807) is 0 Å². The molecule has 3 aliphatic rings. The van der Waals surface area contributed by atoms with Crippen molar-refractivity contribution in [2.75, 3.05) is 0 Å². The number of hydrogen-bond acceptors (Lipinski definition) is 2. The number of ether oxygens (including phenoxy) is 1. The molecular formula is C35H34N2O2. The van der Waals surface area contributed by atoms with E-state index in [0.717, 1.165) is 56.3 Å². The SMILES string of the molecule is CCC(C)OC(=O)c1cc(-n2c3c(c4c2CCC=C4)C=CCC3)cc(-n2c3c(c4ccccc42)CCC=C3)c1. The number of aromatic nitrogens is 2. The maximum absolute atomic E-state index is 13.5. The summed E-state index contributed by atoms with van der Waals surface area (Å²) in [6, 6.07) is 15.0. The van der Waals surface area contributed by atoms with Crippen molar-refractivity contribution < 1.29 is 9.53 Å². The molecule has 7 rings (SSSR count). The monoisotopic (exact) mass is 514 g/mol. The lowest BCUT2D eigenvalue weighted by atomic mass is 9.97. The number of fused-ring (bicyclic) bond motifs is 6. The van der Waals surface area contributed by atoms with Crippen molar-refractivity contribution in [1.82, 2.24) is 9.13 Å². The number of para-hydroxylation sites is 1. The first-order valence-corrected chi connectivity index (χ1v) is 14.4. The predicted molar refractivity (Wildman–Crippen MR) is 160 cm³/mol. The van der Waals surface area contributed by atoms with Crippen molar-refractivity contribution in [2.45, 2.75) is 64.9 Å². The second-order valence-corrected chi connectivity index (χ2v) is 11.0. The van der Waals surface area contributed by atoms with Gasteiger partial charge in [-0.3, -0.25) is 0 Å². The van der Waals surface area contributed by atoms with E-state index in [9.17, 15) is 4.79 Å². The van der Waals surface area contributed by atoms with E-state index in [4.69, 9.17) is 4.74 Å². The van der Waals surface area contributed by atoms with Crippen molar-refractivity contribution in [2.24, 2.45) is 0 Å². The van der Waals surface area contributed by atoms with Crippen molar-refractivity contribution in [3.8, 4) is 11.4 Å². The maximum atomic E-state index is 13.5. The lowest BCUT2D eigenvalue weighted by Gasteiger charge is -2.20. The topological polar surface area (TPSA) is 36.2 Å². The molecule has 0 aliphatic heterocycles. The van der Waals surface area contributed by atoms with Gasteiger partial charge in [0.15, 0.2) is 0 Å². The van der Waals surface area contributed by atoms with Gasteiger partial charge in [0.1, 0.15) is 0 Å². The fourth-order valence-corrected chi connectivity index (χ4v) is 6.50. The highest BCUT2D eigenvalue weighted by atomic mass is 16.5. The van der Waals surface area contributed by atoms with Gasteiger partial charge in [0.05, 0.1) is 17.2 Å². The first-order valence-electron chi connectivity index (χ1n) is 14.4. The number of carbonyl (C=O) groups excluding carboxylic acids is 1. The van der Waals surface area contributed by atoms with Gasteiger partial charge in [-0.05, 0) is 87.8 Å². The summed E-state index contributed by atoms with van der Waals surface area (Å²) in [5.74, 6) is -0.261. The first kappa shape index (κ1) is 24.0. The summed E-state index contributed by atoms with van der Waals surface area (Å²) in [6.45, 7) is 4.00. The molecule has 2 heterocycles. The Kier molecular flexibility index (Phi) is 5.92. The van der Waals surface area contributed by atoms with Crippen LogP contribution in [0.1, 0.15) is 83.7 Å². The van der Waals surface area contributed by atoms with Crippen LogP contribution >= 0.6 is 0 Å². The van der Waals surface area contributed by atoms with Crippen molar-refractivity contribution in [3.63, 3.8) is 0 Å². The zero-order chi connectivity index (χ0) is 26.5. The highest BCUT2D eigenvalue weighted by Gasteiger charge is 2.26.